The van der Waals surface area contributed by atoms with E-state index in [9.17, 15) is 9.59 Å². The molecule has 2 heterocycles. The Bertz CT molecular complexity index is 398. The third-order valence-electron chi connectivity index (χ3n) is 3.33. The maximum atomic E-state index is 10.8. The minimum Gasteiger partial charge on any atom is -0.457 e. The molecule has 22 heavy (non-hydrogen) atoms. The van der Waals surface area contributed by atoms with Crippen LogP contribution in [0.3, 0.4) is 0 Å². The lowest BCUT2D eigenvalue weighted by atomic mass is 9.98. The molecule has 0 spiro atoms. The summed E-state index contributed by atoms with van der Waals surface area (Å²) in [7, 11) is -1.98. The number of rotatable bonds is 6. The Kier molecular flexibility index (Phi) is 5.56. The normalized spacial score (nSPS) is 38.7. The van der Waals surface area contributed by atoms with E-state index in [0.717, 1.165) is 0 Å². The predicted molar refractivity (Wildman–Crippen MR) is 75.3 cm³/mol. The summed E-state index contributed by atoms with van der Waals surface area (Å²) in [5.74, 6) is 0. The number of hydrogen-bond acceptors (Lipinski definition) is 8. The molecule has 2 fully saturated rings. The lowest BCUT2D eigenvalue weighted by molar-refractivity contribution is -0.344. The second-order valence-electron chi connectivity index (χ2n) is 6.17. The van der Waals surface area contributed by atoms with E-state index in [1.54, 1.807) is 6.92 Å². The van der Waals surface area contributed by atoms with Gasteiger partial charge in [-0.25, -0.2) is 0 Å². The number of carbonyl (C=O) groups is 2. The van der Waals surface area contributed by atoms with Crippen LogP contribution in [0.15, 0.2) is 0 Å². The van der Waals surface area contributed by atoms with Gasteiger partial charge in [0.25, 0.3) is 12.9 Å². The van der Waals surface area contributed by atoms with Gasteiger partial charge in [-0.2, -0.15) is 0 Å². The molecular weight excluding hydrogens is 312 g/mol. The first-order valence-corrected chi connectivity index (χ1v) is 10.5. The largest absolute Gasteiger partial charge is 0.457 e. The maximum Gasteiger partial charge on any atom is 0.293 e. The molecule has 0 aromatic heterocycles. The van der Waals surface area contributed by atoms with Crippen molar-refractivity contribution in [1.82, 2.24) is 0 Å². The molecule has 0 saturated carbocycles. The average Bonchev–Trinajstić information content (AvgIpc) is 2.41. The van der Waals surface area contributed by atoms with Crippen molar-refractivity contribution in [1.29, 1.82) is 0 Å². The molecule has 0 radical (unpaired) electrons. The van der Waals surface area contributed by atoms with E-state index < -0.39 is 45.3 Å². The fourth-order valence-corrected chi connectivity index (χ4v) is 3.43. The zero-order valence-electron chi connectivity index (χ0n) is 13.1. The van der Waals surface area contributed by atoms with Gasteiger partial charge in [0.05, 0.1) is 6.61 Å². The van der Waals surface area contributed by atoms with Gasteiger partial charge in [-0.15, -0.1) is 0 Å². The third kappa shape index (κ3) is 4.05. The maximum absolute atomic E-state index is 10.8. The first-order valence-electron chi connectivity index (χ1n) is 7.14. The second kappa shape index (κ2) is 7.05. The molecule has 8 nitrogen and oxygen atoms in total. The molecule has 0 aliphatic carbocycles. The summed E-state index contributed by atoms with van der Waals surface area (Å²) in [5.41, 5.74) is 0. The van der Waals surface area contributed by atoms with Crippen LogP contribution in [0.2, 0.25) is 19.6 Å². The Morgan fingerprint density at radius 2 is 1.68 bits per heavy atom. The summed E-state index contributed by atoms with van der Waals surface area (Å²) in [6, 6.07) is 0. The third-order valence-corrected chi connectivity index (χ3v) is 4.27. The van der Waals surface area contributed by atoms with E-state index in [-0.39, 0.29) is 6.61 Å². The predicted octanol–water partition coefficient (Wildman–Crippen LogP) is 0.407. The van der Waals surface area contributed by atoms with Crippen LogP contribution in [0.25, 0.3) is 0 Å². The van der Waals surface area contributed by atoms with E-state index in [1.165, 1.54) is 0 Å². The van der Waals surface area contributed by atoms with Crippen molar-refractivity contribution in [3.63, 3.8) is 0 Å². The highest BCUT2D eigenvalue weighted by Crippen LogP contribution is 2.32. The molecule has 9 heteroatoms. The van der Waals surface area contributed by atoms with Crippen molar-refractivity contribution < 1.29 is 37.7 Å². The molecule has 0 bridgehead atoms. The van der Waals surface area contributed by atoms with Crippen LogP contribution in [0, 0.1) is 0 Å². The molecule has 2 saturated heterocycles. The molecule has 2 aliphatic rings. The van der Waals surface area contributed by atoms with E-state index in [2.05, 4.69) is 0 Å². The number of fused-ring (bicyclic) bond motifs is 1. The van der Waals surface area contributed by atoms with Crippen molar-refractivity contribution in [2.75, 3.05) is 6.61 Å². The van der Waals surface area contributed by atoms with Crippen LogP contribution in [-0.4, -0.2) is 64.9 Å². The molecule has 1 unspecified atom stereocenters. The van der Waals surface area contributed by atoms with Crippen molar-refractivity contribution in [3.05, 3.63) is 0 Å². The molecular formula is C13H22O8Si. The van der Waals surface area contributed by atoms with Crippen LogP contribution in [0.4, 0.5) is 0 Å². The fourth-order valence-electron chi connectivity index (χ4n) is 2.54. The molecule has 126 valence electrons. The lowest BCUT2D eigenvalue weighted by Gasteiger charge is -2.48. The van der Waals surface area contributed by atoms with Crippen molar-refractivity contribution in [3.8, 4) is 0 Å². The highest BCUT2D eigenvalue weighted by molar-refractivity contribution is 6.69. The van der Waals surface area contributed by atoms with Crippen molar-refractivity contribution in [2.24, 2.45) is 0 Å². The van der Waals surface area contributed by atoms with Gasteiger partial charge >= 0.3 is 0 Å². The molecule has 0 aromatic rings. The summed E-state index contributed by atoms with van der Waals surface area (Å²) in [5, 5.41) is 0. The van der Waals surface area contributed by atoms with Crippen LogP contribution in [-0.2, 0) is 37.7 Å². The monoisotopic (exact) mass is 334 g/mol. The first kappa shape index (κ1) is 17.4. The Labute approximate surface area is 130 Å². The smallest absolute Gasteiger partial charge is 0.293 e. The fraction of sp³-hybridized carbons (Fsp3) is 0.846. The Hall–Kier alpha value is -1.00. The van der Waals surface area contributed by atoms with Crippen LogP contribution < -0.4 is 0 Å². The Balaban J connectivity index is 2.24. The molecule has 0 amide bonds. The topological polar surface area (TPSA) is 89.5 Å². The number of hydrogen-bond donors (Lipinski definition) is 0. The van der Waals surface area contributed by atoms with E-state index in [1.807, 2.05) is 19.6 Å². The zero-order chi connectivity index (χ0) is 16.3. The molecule has 0 aromatic carbocycles. The Morgan fingerprint density at radius 1 is 1.05 bits per heavy atom. The standard InChI is InChI=1S/C13H22O8Si/c1-8-16-5-9-10(19-8)11(17-6-14)12(18-7-15)13(20-9)21-22(2,3)4/h6-13H,5H2,1-4H3/t8?,9-,10-,11+,12-,13+/m1/s1. The van der Waals surface area contributed by atoms with Crippen LogP contribution >= 0.6 is 0 Å². The summed E-state index contributed by atoms with van der Waals surface area (Å²) in [6.07, 6.45) is -4.04. The van der Waals surface area contributed by atoms with Crippen molar-refractivity contribution >= 4 is 21.3 Å². The molecule has 2 aliphatic heterocycles. The minimum atomic E-state index is -1.98. The first-order chi connectivity index (χ1) is 10.4. The lowest BCUT2D eigenvalue weighted by Crippen LogP contribution is -2.65. The second-order valence-corrected chi connectivity index (χ2v) is 10.6. The van der Waals surface area contributed by atoms with Crippen LogP contribution in [0.5, 0.6) is 0 Å². The number of ether oxygens (including phenoxy) is 5. The van der Waals surface area contributed by atoms with Gasteiger partial charge in [0.15, 0.2) is 33.1 Å². The average molecular weight is 334 g/mol. The van der Waals surface area contributed by atoms with Gasteiger partial charge in [-0.05, 0) is 26.6 Å². The van der Waals surface area contributed by atoms with Gasteiger partial charge in [0.2, 0.25) is 0 Å². The van der Waals surface area contributed by atoms with Gasteiger partial charge < -0.3 is 28.1 Å². The quantitative estimate of drug-likeness (QED) is 0.510. The summed E-state index contributed by atoms with van der Waals surface area (Å²) < 4.78 is 33.0. The molecule has 0 N–H and O–H groups in total. The summed E-state index contributed by atoms with van der Waals surface area (Å²) >= 11 is 0. The van der Waals surface area contributed by atoms with E-state index in [0.29, 0.717) is 12.9 Å². The van der Waals surface area contributed by atoms with Crippen molar-refractivity contribution in [2.45, 2.75) is 63.6 Å². The molecule has 6 atom stereocenters. The summed E-state index contributed by atoms with van der Waals surface area (Å²) in [6.45, 7) is 8.55. The van der Waals surface area contributed by atoms with E-state index in [4.69, 9.17) is 28.1 Å². The van der Waals surface area contributed by atoms with Crippen LogP contribution in [0.1, 0.15) is 6.92 Å². The Morgan fingerprint density at radius 3 is 2.27 bits per heavy atom. The highest BCUT2D eigenvalue weighted by Gasteiger charge is 2.53. The molecule has 2 rings (SSSR count). The van der Waals surface area contributed by atoms with Gasteiger partial charge in [0, 0.05) is 0 Å². The summed E-state index contributed by atoms with van der Waals surface area (Å²) in [4.78, 5) is 21.7. The SMILES string of the molecule is CC1OC[C@H]2O[C@@H](O[Si](C)(C)C)[C@H](OC=O)[C@@H](OC=O)[C@@H]2O1. The van der Waals surface area contributed by atoms with Gasteiger partial charge in [0.1, 0.15) is 12.2 Å². The minimum absolute atomic E-state index is 0.282. The van der Waals surface area contributed by atoms with Gasteiger partial charge in [-0.1, -0.05) is 0 Å². The number of carbonyl (C=O) groups excluding carboxylic acids is 2. The van der Waals surface area contributed by atoms with Gasteiger partial charge in [-0.3, -0.25) is 9.59 Å². The zero-order valence-corrected chi connectivity index (χ0v) is 14.1. The van der Waals surface area contributed by atoms with E-state index >= 15 is 0 Å². The highest BCUT2D eigenvalue weighted by atomic mass is 28.4.